The van der Waals surface area contributed by atoms with Gasteiger partial charge in [0, 0.05) is 33.7 Å². The van der Waals surface area contributed by atoms with Gasteiger partial charge in [-0.25, -0.2) is 4.79 Å². The molecule has 0 fully saturated rings. The van der Waals surface area contributed by atoms with Gasteiger partial charge in [-0.15, -0.1) is 0 Å². The van der Waals surface area contributed by atoms with E-state index in [1.165, 1.54) is 7.11 Å². The summed E-state index contributed by atoms with van der Waals surface area (Å²) in [6.07, 6.45) is 0.498. The molecule has 0 radical (unpaired) electrons. The van der Waals surface area contributed by atoms with Crippen molar-refractivity contribution in [1.82, 2.24) is 5.32 Å². The summed E-state index contributed by atoms with van der Waals surface area (Å²) in [5, 5.41) is 3.80. The lowest BCUT2D eigenvalue weighted by Gasteiger charge is -2.38. The summed E-state index contributed by atoms with van der Waals surface area (Å²) in [4.78, 5) is 39.2. The zero-order valence-corrected chi connectivity index (χ0v) is 20.3. The minimum absolute atomic E-state index is 0.223. The van der Waals surface area contributed by atoms with Crippen LogP contribution in [0.1, 0.15) is 38.7 Å². The van der Waals surface area contributed by atoms with Crippen molar-refractivity contribution in [3.63, 3.8) is 0 Å². The lowest BCUT2D eigenvalue weighted by molar-refractivity contribution is -0.151. The molecule has 2 aliphatic rings. The minimum Gasteiger partial charge on any atom is -0.468 e. The molecule has 3 atom stereocenters. The Kier molecular flexibility index (Phi) is 8.06. The smallest absolute Gasteiger partial charge is 0.336 e. The predicted molar refractivity (Wildman–Crippen MR) is 125 cm³/mol. The number of Topliss-reactive ketones (excluding diaryl/α,β-unsaturated/α-hetero) is 1. The predicted octanol–water partition coefficient (Wildman–Crippen LogP) is 4.25. The lowest BCUT2D eigenvalue weighted by Crippen LogP contribution is -2.43. The topological polar surface area (TPSA) is 81.7 Å². The fourth-order valence-electron chi connectivity index (χ4n) is 4.36. The van der Waals surface area contributed by atoms with Crippen molar-refractivity contribution >= 4 is 41.1 Å². The molecule has 1 aliphatic heterocycles. The molecule has 1 N–H and O–H groups in total. The highest BCUT2D eigenvalue weighted by atomic mass is 35.5. The van der Waals surface area contributed by atoms with E-state index in [-0.39, 0.29) is 18.3 Å². The van der Waals surface area contributed by atoms with Crippen LogP contribution < -0.4 is 5.32 Å². The van der Waals surface area contributed by atoms with Crippen molar-refractivity contribution in [2.75, 3.05) is 25.2 Å². The van der Waals surface area contributed by atoms with Gasteiger partial charge in [0.25, 0.3) is 0 Å². The Morgan fingerprint density at radius 2 is 1.94 bits per heavy atom. The van der Waals surface area contributed by atoms with Gasteiger partial charge in [0.1, 0.15) is 12.5 Å². The Morgan fingerprint density at radius 1 is 1.25 bits per heavy atom. The van der Waals surface area contributed by atoms with Crippen LogP contribution in [-0.4, -0.2) is 42.9 Å². The molecule has 0 unspecified atom stereocenters. The molecule has 3 rings (SSSR count). The first-order valence-corrected chi connectivity index (χ1v) is 12.2. The first-order chi connectivity index (χ1) is 15.3. The van der Waals surface area contributed by atoms with Gasteiger partial charge < -0.3 is 14.8 Å². The van der Waals surface area contributed by atoms with Gasteiger partial charge in [-0.2, -0.15) is 11.8 Å². The number of carbonyl (C=O) groups excluding carboxylic acids is 3. The average molecular weight is 478 g/mol. The number of hydrogen-bond donors (Lipinski definition) is 1. The second kappa shape index (κ2) is 10.6. The highest BCUT2D eigenvalue weighted by Gasteiger charge is 2.47. The monoisotopic (exact) mass is 477 g/mol. The van der Waals surface area contributed by atoms with E-state index in [0.29, 0.717) is 34.0 Å². The normalized spacial score (nSPS) is 22.9. The summed E-state index contributed by atoms with van der Waals surface area (Å²) < 4.78 is 10.5. The summed E-state index contributed by atoms with van der Waals surface area (Å²) in [5.74, 6) is -1.50. The van der Waals surface area contributed by atoms with Crippen LogP contribution in [0.3, 0.4) is 0 Å². The number of rotatable bonds is 7. The number of ether oxygens (including phenoxy) is 2. The van der Waals surface area contributed by atoms with Crippen molar-refractivity contribution in [1.29, 1.82) is 0 Å². The third-order valence-corrected chi connectivity index (χ3v) is 6.95. The SMILES string of the molecule is CCSCCOC(=O)C1=C(C)NC2=C(C(=O)[C@@H](C(=O)OC)[C@H](C)C2)[C@H]1c1ccc(Cl)cc1. The maximum atomic E-state index is 13.6. The van der Waals surface area contributed by atoms with Gasteiger partial charge in [0.05, 0.1) is 12.7 Å². The van der Waals surface area contributed by atoms with E-state index in [9.17, 15) is 14.4 Å². The van der Waals surface area contributed by atoms with Gasteiger partial charge in [-0.3, -0.25) is 9.59 Å². The van der Waals surface area contributed by atoms with Crippen LogP contribution in [0.15, 0.2) is 46.8 Å². The summed E-state index contributed by atoms with van der Waals surface area (Å²) >= 11 is 7.77. The Balaban J connectivity index is 2.06. The number of ketones is 1. The van der Waals surface area contributed by atoms with Crippen LogP contribution in [0, 0.1) is 11.8 Å². The van der Waals surface area contributed by atoms with Crippen molar-refractivity contribution in [3.05, 3.63) is 57.4 Å². The van der Waals surface area contributed by atoms with Crippen LogP contribution >= 0.6 is 23.4 Å². The van der Waals surface area contributed by atoms with E-state index >= 15 is 0 Å². The van der Waals surface area contributed by atoms with Gasteiger partial charge in [0.15, 0.2) is 5.78 Å². The van der Waals surface area contributed by atoms with Crippen LogP contribution in [0.4, 0.5) is 0 Å². The summed E-state index contributed by atoms with van der Waals surface area (Å²) in [7, 11) is 1.28. The number of nitrogens with one attached hydrogen (secondary N) is 1. The molecular weight excluding hydrogens is 450 g/mol. The number of thioether (sulfide) groups is 1. The molecule has 0 saturated carbocycles. The summed E-state index contributed by atoms with van der Waals surface area (Å²) in [6.45, 7) is 5.99. The zero-order valence-electron chi connectivity index (χ0n) is 18.7. The van der Waals surface area contributed by atoms with Gasteiger partial charge in [-0.1, -0.05) is 37.6 Å². The maximum absolute atomic E-state index is 13.6. The lowest BCUT2D eigenvalue weighted by atomic mass is 9.69. The number of halogens is 1. The molecule has 6 nitrogen and oxygen atoms in total. The molecule has 172 valence electrons. The summed E-state index contributed by atoms with van der Waals surface area (Å²) in [6, 6.07) is 7.05. The third kappa shape index (κ3) is 4.89. The largest absolute Gasteiger partial charge is 0.468 e. The zero-order chi connectivity index (χ0) is 23.4. The van der Waals surface area contributed by atoms with Crippen molar-refractivity contribution in [2.45, 2.75) is 33.1 Å². The number of methoxy groups -OCH3 is 1. The molecule has 32 heavy (non-hydrogen) atoms. The Labute approximate surface area is 197 Å². The number of hydrogen-bond acceptors (Lipinski definition) is 7. The molecule has 1 heterocycles. The quantitative estimate of drug-likeness (QED) is 0.357. The van der Waals surface area contributed by atoms with Crippen LogP contribution in [0.5, 0.6) is 0 Å². The molecule has 0 amide bonds. The van der Waals surface area contributed by atoms with Crippen LogP contribution in [-0.2, 0) is 23.9 Å². The fourth-order valence-corrected chi connectivity index (χ4v) is 4.97. The fraction of sp³-hybridized carbons (Fsp3) is 0.458. The first kappa shape index (κ1) is 24.4. The molecule has 0 aromatic heterocycles. The van der Waals surface area contributed by atoms with Crippen molar-refractivity contribution in [2.24, 2.45) is 11.8 Å². The Bertz CT molecular complexity index is 969. The molecule has 1 aliphatic carbocycles. The van der Waals surface area contributed by atoms with Crippen molar-refractivity contribution in [3.8, 4) is 0 Å². The molecular formula is C24H28ClNO5S. The average Bonchev–Trinajstić information content (AvgIpc) is 2.76. The first-order valence-electron chi connectivity index (χ1n) is 10.6. The third-order valence-electron chi connectivity index (χ3n) is 5.83. The standard InChI is InChI=1S/C24H28ClNO5S/c1-5-32-11-10-31-24(29)19-14(3)26-17-12-13(2)18(23(28)30-4)22(27)21(17)20(19)15-6-8-16(25)9-7-15/h6-9,13,18,20,26H,5,10-12H2,1-4H3/t13-,18+,20+/m1/s1. The van der Waals surface area contributed by atoms with E-state index in [4.69, 9.17) is 21.1 Å². The van der Waals surface area contributed by atoms with Gasteiger partial charge >= 0.3 is 11.9 Å². The molecule has 0 saturated heterocycles. The summed E-state index contributed by atoms with van der Waals surface area (Å²) in [5.41, 5.74) is 2.91. The van der Waals surface area contributed by atoms with Crippen LogP contribution in [0.2, 0.25) is 5.02 Å². The molecule has 8 heteroatoms. The van der Waals surface area contributed by atoms with E-state index < -0.39 is 23.8 Å². The molecule has 0 spiro atoms. The number of esters is 2. The van der Waals surface area contributed by atoms with E-state index in [2.05, 4.69) is 5.32 Å². The van der Waals surface area contributed by atoms with Crippen molar-refractivity contribution < 1.29 is 23.9 Å². The molecule has 0 bridgehead atoms. The van der Waals surface area contributed by atoms with Gasteiger partial charge in [-0.05, 0) is 42.7 Å². The van der Waals surface area contributed by atoms with Gasteiger partial charge in [0.2, 0.25) is 0 Å². The van der Waals surface area contributed by atoms with Crippen LogP contribution in [0.25, 0.3) is 0 Å². The highest BCUT2D eigenvalue weighted by Crippen LogP contribution is 2.45. The molecule has 1 aromatic rings. The Hall–Kier alpha value is -2.25. The Morgan fingerprint density at radius 3 is 2.56 bits per heavy atom. The minimum atomic E-state index is -0.910. The number of benzene rings is 1. The van der Waals surface area contributed by atoms with E-state index in [1.54, 1.807) is 36.0 Å². The molecule has 1 aromatic carbocycles. The number of carbonyl (C=O) groups is 3. The number of dihydropyridines is 1. The highest BCUT2D eigenvalue weighted by molar-refractivity contribution is 7.99. The second-order valence-electron chi connectivity index (χ2n) is 7.92. The maximum Gasteiger partial charge on any atom is 0.336 e. The van der Waals surface area contributed by atoms with E-state index in [1.807, 2.05) is 20.8 Å². The number of allylic oxidation sites excluding steroid dienone is 3. The second-order valence-corrected chi connectivity index (χ2v) is 9.75. The van der Waals surface area contributed by atoms with E-state index in [0.717, 1.165) is 17.0 Å².